The number of carboxylic acids is 2. The molecule has 27 heavy (non-hydrogen) atoms. The Morgan fingerprint density at radius 2 is 1.63 bits per heavy atom. The third-order valence-corrected chi connectivity index (χ3v) is 5.15. The van der Waals surface area contributed by atoms with Gasteiger partial charge >= 0.3 is 0 Å². The third-order valence-electron chi connectivity index (χ3n) is 3.66. The molecule has 0 amide bonds. The van der Waals surface area contributed by atoms with E-state index in [-0.39, 0.29) is 10.5 Å². The summed E-state index contributed by atoms with van der Waals surface area (Å²) in [4.78, 5) is 21.6. The van der Waals surface area contributed by atoms with Gasteiger partial charge in [-0.2, -0.15) is 0 Å². The van der Waals surface area contributed by atoms with Crippen LogP contribution < -0.4 is 19.7 Å². The monoisotopic (exact) mass is 391 g/mol. The highest BCUT2D eigenvalue weighted by atomic mass is 32.2. The summed E-state index contributed by atoms with van der Waals surface area (Å²) in [6.45, 7) is 2.27. The average molecular weight is 391 g/mol. The lowest BCUT2D eigenvalue weighted by Gasteiger charge is -2.20. The van der Waals surface area contributed by atoms with E-state index in [0.717, 1.165) is 24.3 Å². The molecule has 0 spiro atoms. The van der Waals surface area contributed by atoms with E-state index in [1.165, 1.54) is 0 Å². The van der Waals surface area contributed by atoms with E-state index in [9.17, 15) is 28.2 Å². The van der Waals surface area contributed by atoms with E-state index in [1.54, 1.807) is 24.3 Å². The SMILES string of the molecule is CCOc1ccc([C@H](CC(=O)[O-])NS(=O)(=O)c2ccc(C(=O)[O-])cc2)cc1. The van der Waals surface area contributed by atoms with E-state index in [0.29, 0.717) is 17.9 Å². The molecule has 0 aromatic heterocycles. The quantitative estimate of drug-likeness (QED) is 0.615. The zero-order valence-electron chi connectivity index (χ0n) is 14.4. The molecule has 0 aliphatic rings. The Hall–Kier alpha value is -2.91. The van der Waals surface area contributed by atoms with Crippen LogP contribution in [-0.4, -0.2) is 27.0 Å². The third kappa shape index (κ3) is 5.53. The summed E-state index contributed by atoms with van der Waals surface area (Å²) >= 11 is 0. The zero-order chi connectivity index (χ0) is 20.0. The first-order chi connectivity index (χ1) is 12.7. The average Bonchev–Trinajstić information content (AvgIpc) is 2.61. The van der Waals surface area contributed by atoms with Crippen molar-refractivity contribution in [3.05, 3.63) is 59.7 Å². The van der Waals surface area contributed by atoms with Crippen LogP contribution in [0, 0.1) is 0 Å². The van der Waals surface area contributed by atoms with Gasteiger partial charge in [0.05, 0.1) is 23.5 Å². The Kier molecular flexibility index (Phi) is 6.54. The Morgan fingerprint density at radius 3 is 2.11 bits per heavy atom. The van der Waals surface area contributed by atoms with E-state index < -0.39 is 34.4 Å². The number of nitrogens with one attached hydrogen (secondary N) is 1. The highest BCUT2D eigenvalue weighted by Gasteiger charge is 2.22. The minimum Gasteiger partial charge on any atom is -0.550 e. The Morgan fingerprint density at radius 1 is 1.04 bits per heavy atom. The zero-order valence-corrected chi connectivity index (χ0v) is 15.2. The van der Waals surface area contributed by atoms with Gasteiger partial charge in [-0.05, 0) is 42.3 Å². The summed E-state index contributed by atoms with van der Waals surface area (Å²) in [7, 11) is -4.10. The second-order valence-corrected chi connectivity index (χ2v) is 7.28. The highest BCUT2D eigenvalue weighted by Crippen LogP contribution is 2.23. The van der Waals surface area contributed by atoms with Crippen molar-refractivity contribution in [2.45, 2.75) is 24.3 Å². The van der Waals surface area contributed by atoms with Gasteiger partial charge in [0, 0.05) is 12.4 Å². The molecule has 0 bridgehead atoms. The van der Waals surface area contributed by atoms with Gasteiger partial charge in [0.15, 0.2) is 0 Å². The summed E-state index contributed by atoms with van der Waals surface area (Å²) in [6.07, 6.45) is -0.579. The molecule has 1 atom stereocenters. The van der Waals surface area contributed by atoms with Crippen LogP contribution in [0.1, 0.15) is 35.3 Å². The molecule has 0 saturated carbocycles. The standard InChI is InChI=1S/C18H19NO7S/c1-2-26-14-7-3-12(4-8-14)16(11-17(20)21)19-27(24,25)15-9-5-13(6-10-15)18(22)23/h3-10,16,19H,2,11H2,1H3,(H,20,21)(H,22,23)/p-2/t16-/m0/s1. The number of carbonyl (C=O) groups excluding carboxylic acids is 2. The van der Waals surface area contributed by atoms with Gasteiger partial charge in [-0.25, -0.2) is 13.1 Å². The normalized spacial score (nSPS) is 12.3. The lowest BCUT2D eigenvalue weighted by molar-refractivity contribution is -0.306. The van der Waals surface area contributed by atoms with Crippen LogP contribution in [0.15, 0.2) is 53.4 Å². The van der Waals surface area contributed by atoms with Crippen molar-refractivity contribution in [1.82, 2.24) is 4.72 Å². The van der Waals surface area contributed by atoms with Crippen molar-refractivity contribution in [2.75, 3.05) is 6.61 Å². The van der Waals surface area contributed by atoms with Crippen LogP contribution in [0.4, 0.5) is 0 Å². The predicted octanol–water partition coefficient (Wildman–Crippen LogP) is -0.392. The molecule has 0 aliphatic heterocycles. The van der Waals surface area contributed by atoms with Crippen LogP contribution in [0.25, 0.3) is 0 Å². The van der Waals surface area contributed by atoms with E-state index in [4.69, 9.17) is 4.74 Å². The lowest BCUT2D eigenvalue weighted by atomic mass is 10.0. The Balaban J connectivity index is 2.28. The molecule has 0 aliphatic carbocycles. The summed E-state index contributed by atoms with van der Waals surface area (Å²) < 4.78 is 32.7. The number of benzene rings is 2. The van der Waals surface area contributed by atoms with Gasteiger partial charge < -0.3 is 24.5 Å². The largest absolute Gasteiger partial charge is 0.550 e. The first kappa shape index (κ1) is 20.4. The lowest BCUT2D eigenvalue weighted by Crippen LogP contribution is -2.34. The first-order valence-electron chi connectivity index (χ1n) is 7.99. The first-order valence-corrected chi connectivity index (χ1v) is 9.47. The van der Waals surface area contributed by atoms with Crippen LogP contribution in [0.3, 0.4) is 0 Å². The molecule has 0 radical (unpaired) electrons. The molecule has 2 aromatic rings. The van der Waals surface area contributed by atoms with Gasteiger partial charge in [-0.3, -0.25) is 0 Å². The number of carbonyl (C=O) groups is 2. The van der Waals surface area contributed by atoms with Crippen LogP contribution in [0.5, 0.6) is 5.75 Å². The van der Waals surface area contributed by atoms with Gasteiger partial charge in [0.25, 0.3) is 0 Å². The molecular formula is C18H17NO7S-2. The smallest absolute Gasteiger partial charge is 0.241 e. The molecule has 8 nitrogen and oxygen atoms in total. The Labute approximate surface area is 156 Å². The highest BCUT2D eigenvalue weighted by molar-refractivity contribution is 7.89. The summed E-state index contributed by atoms with van der Waals surface area (Å²) in [6, 6.07) is 9.62. The van der Waals surface area contributed by atoms with Crippen LogP contribution in [-0.2, 0) is 14.8 Å². The summed E-state index contributed by atoms with van der Waals surface area (Å²) in [5.41, 5.74) is 0.240. The number of hydrogen-bond donors (Lipinski definition) is 1. The fourth-order valence-electron chi connectivity index (χ4n) is 2.38. The number of carboxylic acid groups (broad SMARTS) is 2. The van der Waals surface area contributed by atoms with Crippen molar-refractivity contribution < 1.29 is 33.0 Å². The van der Waals surface area contributed by atoms with E-state index in [2.05, 4.69) is 4.72 Å². The van der Waals surface area contributed by atoms with Gasteiger partial charge in [0.2, 0.25) is 10.0 Å². The number of aliphatic carboxylic acids is 1. The minimum atomic E-state index is -4.10. The number of sulfonamides is 1. The predicted molar refractivity (Wildman–Crippen MR) is 91.1 cm³/mol. The van der Waals surface area contributed by atoms with Gasteiger partial charge in [-0.15, -0.1) is 0 Å². The van der Waals surface area contributed by atoms with Gasteiger partial charge in [-0.1, -0.05) is 24.3 Å². The molecule has 2 rings (SSSR count). The fraction of sp³-hybridized carbons (Fsp3) is 0.222. The van der Waals surface area contributed by atoms with Crippen LogP contribution in [0.2, 0.25) is 0 Å². The molecule has 0 unspecified atom stereocenters. The second kappa shape index (κ2) is 8.65. The van der Waals surface area contributed by atoms with Crippen molar-refractivity contribution in [2.24, 2.45) is 0 Å². The molecule has 0 fully saturated rings. The molecule has 0 saturated heterocycles. The number of hydrogen-bond acceptors (Lipinski definition) is 7. The Bertz CT molecular complexity index is 906. The number of ether oxygens (including phenoxy) is 1. The number of aromatic carboxylic acids is 1. The van der Waals surface area contributed by atoms with Gasteiger partial charge in [0.1, 0.15) is 5.75 Å². The molecule has 9 heteroatoms. The van der Waals surface area contributed by atoms with Crippen LogP contribution >= 0.6 is 0 Å². The number of rotatable bonds is 9. The van der Waals surface area contributed by atoms with Crippen molar-refractivity contribution in [3.8, 4) is 5.75 Å². The van der Waals surface area contributed by atoms with Crippen molar-refractivity contribution >= 4 is 22.0 Å². The molecule has 144 valence electrons. The second-order valence-electron chi connectivity index (χ2n) is 5.56. The van der Waals surface area contributed by atoms with E-state index >= 15 is 0 Å². The molecular weight excluding hydrogens is 374 g/mol. The molecule has 0 heterocycles. The van der Waals surface area contributed by atoms with E-state index in [1.807, 2.05) is 6.92 Å². The van der Waals surface area contributed by atoms with Crippen molar-refractivity contribution in [3.63, 3.8) is 0 Å². The maximum absolute atomic E-state index is 12.5. The minimum absolute atomic E-state index is 0.174. The maximum atomic E-state index is 12.5. The van der Waals surface area contributed by atoms with Crippen molar-refractivity contribution in [1.29, 1.82) is 0 Å². The summed E-state index contributed by atoms with van der Waals surface area (Å²) in [5.74, 6) is -2.30. The maximum Gasteiger partial charge on any atom is 0.241 e. The molecule has 1 N–H and O–H groups in total. The fourth-order valence-corrected chi connectivity index (χ4v) is 3.61. The summed E-state index contributed by atoms with van der Waals surface area (Å²) in [5, 5.41) is 21.8. The topological polar surface area (TPSA) is 136 Å². The molecule has 2 aromatic carbocycles.